The standard InChI is InChI=1S/C25H25FN4O5S/c26-18-3-6-22-23(12-18)36(33,34)30(25(32)27-22)15-24(31)29-14-17-11-20(29)13-21(17)16-1-4-19(5-2-16)28-7-9-35-10-8-28/h1-6,12-13,17,20H,7-11,14-15H2,(H,27,32)/t17-,20-/m0/s1. The molecular formula is C25H25FN4O5S. The van der Waals surface area contributed by atoms with Crippen LogP contribution in [-0.4, -0.2) is 75.0 Å². The molecule has 2 fully saturated rings. The van der Waals surface area contributed by atoms with Crippen LogP contribution in [0.5, 0.6) is 0 Å². The van der Waals surface area contributed by atoms with Gasteiger partial charge in [0.15, 0.2) is 0 Å². The second-order valence-electron chi connectivity index (χ2n) is 9.40. The predicted octanol–water partition coefficient (Wildman–Crippen LogP) is 2.51. The zero-order valence-corrected chi connectivity index (χ0v) is 20.2. The Hall–Kier alpha value is -3.44. The summed E-state index contributed by atoms with van der Waals surface area (Å²) in [4.78, 5) is 29.2. The van der Waals surface area contributed by atoms with E-state index in [4.69, 9.17) is 4.74 Å². The quantitative estimate of drug-likeness (QED) is 0.676. The maximum Gasteiger partial charge on any atom is 0.336 e. The number of amides is 3. The van der Waals surface area contributed by atoms with Gasteiger partial charge in [0.2, 0.25) is 5.91 Å². The molecular weight excluding hydrogens is 487 g/mol. The first-order valence-electron chi connectivity index (χ1n) is 11.9. The molecule has 0 unspecified atom stereocenters. The fourth-order valence-corrected chi connectivity index (χ4v) is 6.93. The van der Waals surface area contributed by atoms with Crippen LogP contribution in [0, 0.1) is 11.7 Å². The molecule has 0 aromatic heterocycles. The average Bonchev–Trinajstić information content (AvgIpc) is 3.49. The Morgan fingerprint density at radius 2 is 1.86 bits per heavy atom. The molecule has 2 bridgehead atoms. The Morgan fingerprint density at radius 1 is 1.11 bits per heavy atom. The lowest BCUT2D eigenvalue weighted by Gasteiger charge is -2.32. The van der Waals surface area contributed by atoms with Gasteiger partial charge in [-0.2, -0.15) is 0 Å². The van der Waals surface area contributed by atoms with Gasteiger partial charge in [0.05, 0.1) is 24.9 Å². The smallest absolute Gasteiger partial charge is 0.336 e. The normalized spacial score (nSPS) is 24.4. The third kappa shape index (κ3) is 3.82. The summed E-state index contributed by atoms with van der Waals surface area (Å²) in [5.74, 6) is -1.05. The minimum Gasteiger partial charge on any atom is -0.378 e. The van der Waals surface area contributed by atoms with Crippen molar-refractivity contribution in [3.8, 4) is 0 Å². The monoisotopic (exact) mass is 512 g/mol. The van der Waals surface area contributed by atoms with Gasteiger partial charge in [-0.25, -0.2) is 21.9 Å². The molecule has 11 heteroatoms. The summed E-state index contributed by atoms with van der Waals surface area (Å²) >= 11 is 0. The van der Waals surface area contributed by atoms with Gasteiger partial charge in [-0.05, 0) is 47.9 Å². The topological polar surface area (TPSA) is 99.3 Å². The van der Waals surface area contributed by atoms with Crippen molar-refractivity contribution >= 4 is 38.9 Å². The van der Waals surface area contributed by atoms with Crippen LogP contribution < -0.4 is 10.2 Å². The van der Waals surface area contributed by atoms with Gasteiger partial charge >= 0.3 is 6.03 Å². The van der Waals surface area contributed by atoms with Gasteiger partial charge in [0.25, 0.3) is 10.0 Å². The van der Waals surface area contributed by atoms with E-state index < -0.39 is 34.3 Å². The zero-order chi connectivity index (χ0) is 25.0. The molecule has 188 valence electrons. The van der Waals surface area contributed by atoms with Gasteiger partial charge in [-0.1, -0.05) is 18.2 Å². The van der Waals surface area contributed by atoms with E-state index in [1.807, 2.05) is 0 Å². The number of ether oxygens (including phenoxy) is 1. The lowest BCUT2D eigenvalue weighted by Crippen LogP contribution is -2.50. The number of hydrogen-bond donors (Lipinski definition) is 1. The Kier molecular flexibility index (Phi) is 5.49. The maximum absolute atomic E-state index is 13.7. The Balaban J connectivity index is 1.16. The van der Waals surface area contributed by atoms with Crippen molar-refractivity contribution in [2.45, 2.75) is 17.4 Å². The number of nitrogens with one attached hydrogen (secondary N) is 1. The number of fused-ring (bicyclic) bond motifs is 3. The molecule has 2 saturated heterocycles. The number of urea groups is 1. The van der Waals surface area contributed by atoms with Crippen LogP contribution in [0.3, 0.4) is 0 Å². The summed E-state index contributed by atoms with van der Waals surface area (Å²) in [5.41, 5.74) is 3.45. The van der Waals surface area contributed by atoms with Crippen molar-refractivity contribution in [2.24, 2.45) is 5.92 Å². The first-order chi connectivity index (χ1) is 17.3. The molecule has 36 heavy (non-hydrogen) atoms. The zero-order valence-electron chi connectivity index (χ0n) is 19.4. The van der Waals surface area contributed by atoms with Crippen molar-refractivity contribution in [1.29, 1.82) is 0 Å². The average molecular weight is 513 g/mol. The summed E-state index contributed by atoms with van der Waals surface area (Å²) in [7, 11) is -4.35. The molecule has 9 nitrogen and oxygen atoms in total. The third-order valence-corrected chi connectivity index (χ3v) is 9.08. The lowest BCUT2D eigenvalue weighted by atomic mass is 9.95. The highest BCUT2D eigenvalue weighted by Crippen LogP contribution is 2.43. The van der Waals surface area contributed by atoms with Crippen LogP contribution in [0.1, 0.15) is 12.0 Å². The Labute approximate surface area is 208 Å². The number of hydrogen-bond acceptors (Lipinski definition) is 6. The largest absolute Gasteiger partial charge is 0.378 e. The van der Waals surface area contributed by atoms with Crippen LogP contribution in [-0.2, 0) is 19.6 Å². The highest BCUT2D eigenvalue weighted by Gasteiger charge is 2.44. The first-order valence-corrected chi connectivity index (χ1v) is 13.3. The molecule has 0 saturated carbocycles. The number of carbonyl (C=O) groups is 2. The minimum atomic E-state index is -4.35. The van der Waals surface area contributed by atoms with Crippen molar-refractivity contribution in [3.63, 3.8) is 0 Å². The highest BCUT2D eigenvalue weighted by atomic mass is 32.2. The summed E-state index contributed by atoms with van der Waals surface area (Å²) in [5, 5.41) is 2.43. The molecule has 1 N–H and O–H groups in total. The second kappa shape index (κ2) is 8.59. The minimum absolute atomic E-state index is 0.00228. The molecule has 2 aromatic rings. The Morgan fingerprint density at radius 3 is 2.56 bits per heavy atom. The Bertz CT molecular complexity index is 1370. The first kappa shape index (κ1) is 23.0. The van der Waals surface area contributed by atoms with Crippen LogP contribution in [0.4, 0.5) is 20.6 Å². The van der Waals surface area contributed by atoms with Crippen LogP contribution >= 0.6 is 0 Å². The fraction of sp³-hybridized carbons (Fsp3) is 0.360. The van der Waals surface area contributed by atoms with E-state index in [1.165, 1.54) is 11.6 Å². The van der Waals surface area contributed by atoms with Crippen molar-refractivity contribution in [3.05, 3.63) is 59.9 Å². The van der Waals surface area contributed by atoms with Gasteiger partial charge < -0.3 is 19.9 Å². The molecule has 3 aliphatic heterocycles. The number of halogens is 1. The lowest BCUT2D eigenvalue weighted by molar-refractivity contribution is -0.131. The molecule has 2 atom stereocenters. The molecule has 0 radical (unpaired) electrons. The van der Waals surface area contributed by atoms with E-state index in [0.717, 1.165) is 56.1 Å². The second-order valence-corrected chi connectivity index (χ2v) is 11.2. The number of carbonyl (C=O) groups excluding carboxylic acids is 2. The van der Waals surface area contributed by atoms with E-state index in [9.17, 15) is 22.4 Å². The van der Waals surface area contributed by atoms with Crippen molar-refractivity contribution in [1.82, 2.24) is 9.21 Å². The summed E-state index contributed by atoms with van der Waals surface area (Å²) in [6.07, 6.45) is 2.82. The number of likely N-dealkylation sites (tertiary alicyclic amines) is 1. The number of benzene rings is 2. The summed E-state index contributed by atoms with van der Waals surface area (Å²) in [6, 6.07) is 10.4. The molecule has 3 heterocycles. The fourth-order valence-electron chi connectivity index (χ4n) is 5.49. The van der Waals surface area contributed by atoms with E-state index >= 15 is 0 Å². The van der Waals surface area contributed by atoms with Crippen LogP contribution in [0.2, 0.25) is 0 Å². The van der Waals surface area contributed by atoms with Crippen LogP contribution in [0.15, 0.2) is 53.4 Å². The number of rotatable bonds is 4. The molecule has 2 aromatic carbocycles. The van der Waals surface area contributed by atoms with Gasteiger partial charge in [0.1, 0.15) is 17.3 Å². The molecule has 6 rings (SSSR count). The van der Waals surface area contributed by atoms with E-state index in [2.05, 4.69) is 40.6 Å². The van der Waals surface area contributed by atoms with E-state index in [0.29, 0.717) is 10.8 Å². The highest BCUT2D eigenvalue weighted by molar-refractivity contribution is 7.90. The number of sulfonamides is 1. The van der Waals surface area contributed by atoms with Gasteiger partial charge in [0, 0.05) is 31.2 Å². The van der Waals surface area contributed by atoms with E-state index in [1.54, 1.807) is 4.90 Å². The van der Waals surface area contributed by atoms with Gasteiger partial charge in [-0.3, -0.25) is 4.79 Å². The van der Waals surface area contributed by atoms with E-state index in [-0.39, 0.29) is 22.5 Å². The molecule has 1 aliphatic carbocycles. The van der Waals surface area contributed by atoms with Crippen LogP contribution in [0.25, 0.3) is 5.57 Å². The molecule has 3 amide bonds. The summed E-state index contributed by atoms with van der Waals surface area (Å²) in [6.45, 7) is 3.02. The number of nitrogens with zero attached hydrogens (tertiary/aromatic N) is 3. The van der Waals surface area contributed by atoms with Crippen molar-refractivity contribution < 1.29 is 27.1 Å². The van der Waals surface area contributed by atoms with Crippen molar-refractivity contribution in [2.75, 3.05) is 49.6 Å². The molecule has 0 spiro atoms. The summed E-state index contributed by atoms with van der Waals surface area (Å²) < 4.78 is 45.5. The number of anilines is 2. The SMILES string of the molecule is O=C(CN1C(=O)Nc2ccc(F)cc2S1(=O)=O)N1C[C@@H]2C[C@H]1C=C2c1ccc(N2CCOCC2)cc1. The maximum atomic E-state index is 13.7. The number of morpholine rings is 1. The molecule has 4 aliphatic rings. The third-order valence-electron chi connectivity index (χ3n) is 7.31. The van der Waals surface area contributed by atoms with Gasteiger partial charge in [-0.15, -0.1) is 0 Å². The predicted molar refractivity (Wildman–Crippen MR) is 130 cm³/mol.